The minimum absolute atomic E-state index is 0.0178. The molecule has 0 fully saturated rings. The van der Waals surface area contributed by atoms with Crippen molar-refractivity contribution in [3.05, 3.63) is 65.7 Å². The van der Waals surface area contributed by atoms with Crippen LogP contribution in [0.5, 0.6) is 0 Å². The van der Waals surface area contributed by atoms with E-state index in [2.05, 4.69) is 5.32 Å². The quantitative estimate of drug-likeness (QED) is 0.816. The molecule has 25 heavy (non-hydrogen) atoms. The van der Waals surface area contributed by atoms with Crippen LogP contribution in [-0.4, -0.2) is 18.0 Å². The van der Waals surface area contributed by atoms with Crippen LogP contribution in [0.25, 0.3) is 6.08 Å². The molecule has 2 amide bonds. The maximum atomic E-state index is 12.2. The van der Waals surface area contributed by atoms with Gasteiger partial charge in [-0.1, -0.05) is 24.3 Å². The highest BCUT2D eigenvalue weighted by molar-refractivity contribution is 6.02. The van der Waals surface area contributed by atoms with Gasteiger partial charge >= 0.3 is 12.1 Å². The summed E-state index contributed by atoms with van der Waals surface area (Å²) in [5.74, 6) is -2.43. The van der Waals surface area contributed by atoms with Gasteiger partial charge in [0.2, 0.25) is 5.91 Å². The highest BCUT2D eigenvalue weighted by Crippen LogP contribution is 2.19. The molecule has 0 bridgehead atoms. The van der Waals surface area contributed by atoms with Crippen LogP contribution >= 0.6 is 0 Å². The lowest BCUT2D eigenvalue weighted by atomic mass is 10.1. The molecule has 0 aliphatic rings. The minimum atomic E-state index is -4.95. The highest BCUT2D eigenvalue weighted by Gasteiger charge is 2.38. The van der Waals surface area contributed by atoms with Gasteiger partial charge in [0.1, 0.15) is 0 Å². The minimum Gasteiger partial charge on any atom is -0.323 e. The molecule has 2 N–H and O–H groups in total. The average Bonchev–Trinajstić information content (AvgIpc) is 2.55. The summed E-state index contributed by atoms with van der Waals surface area (Å²) in [6, 6.07) is 12.9. The third kappa shape index (κ3) is 5.49. The van der Waals surface area contributed by atoms with Gasteiger partial charge < -0.3 is 10.6 Å². The number of carbonyl (C=O) groups is 2. The van der Waals surface area contributed by atoms with Crippen molar-refractivity contribution in [2.24, 2.45) is 0 Å². The number of nitrogens with one attached hydrogen (secondary N) is 2. The van der Waals surface area contributed by atoms with Crippen LogP contribution in [0.15, 0.2) is 54.6 Å². The van der Waals surface area contributed by atoms with Gasteiger partial charge in [0, 0.05) is 17.5 Å². The molecule has 0 saturated carbocycles. The number of halogens is 3. The van der Waals surface area contributed by atoms with Gasteiger partial charge in [0.15, 0.2) is 0 Å². The Morgan fingerprint density at radius 3 is 2.04 bits per heavy atom. The van der Waals surface area contributed by atoms with Crippen LogP contribution in [0, 0.1) is 6.92 Å². The van der Waals surface area contributed by atoms with E-state index in [1.54, 1.807) is 11.4 Å². The normalized spacial score (nSPS) is 11.4. The summed E-state index contributed by atoms with van der Waals surface area (Å²) in [7, 11) is 0. The van der Waals surface area contributed by atoms with Crippen molar-refractivity contribution in [2.75, 3.05) is 10.6 Å². The Balaban J connectivity index is 1.96. The second kappa shape index (κ2) is 7.65. The van der Waals surface area contributed by atoms with E-state index in [1.165, 1.54) is 30.3 Å². The summed E-state index contributed by atoms with van der Waals surface area (Å²) in [5.41, 5.74) is 2.30. The Hall–Kier alpha value is -3.09. The van der Waals surface area contributed by atoms with Gasteiger partial charge in [-0.25, -0.2) is 0 Å². The molecule has 7 heteroatoms. The van der Waals surface area contributed by atoms with E-state index in [-0.39, 0.29) is 11.6 Å². The summed E-state index contributed by atoms with van der Waals surface area (Å²) in [5, 5.41) is 4.31. The fourth-order valence-electron chi connectivity index (χ4n) is 1.96. The largest absolute Gasteiger partial charge is 0.471 e. The SMILES string of the molecule is Cc1ccccc1/C=C/C(=O)Nc1ccc(NC(=O)C(F)(F)F)cc1. The maximum absolute atomic E-state index is 12.2. The Kier molecular flexibility index (Phi) is 5.59. The van der Waals surface area contributed by atoms with Gasteiger partial charge in [-0.2, -0.15) is 13.2 Å². The number of aryl methyl sites for hydroxylation is 1. The lowest BCUT2D eigenvalue weighted by Gasteiger charge is -2.08. The lowest BCUT2D eigenvalue weighted by Crippen LogP contribution is -2.29. The van der Waals surface area contributed by atoms with Crippen molar-refractivity contribution in [2.45, 2.75) is 13.1 Å². The zero-order valence-electron chi connectivity index (χ0n) is 13.2. The smallest absolute Gasteiger partial charge is 0.323 e. The fourth-order valence-corrected chi connectivity index (χ4v) is 1.96. The van der Waals surface area contributed by atoms with Gasteiger partial charge in [0.05, 0.1) is 0 Å². The third-order valence-electron chi connectivity index (χ3n) is 3.27. The molecule has 2 aromatic rings. The van der Waals surface area contributed by atoms with Gasteiger partial charge in [-0.15, -0.1) is 0 Å². The summed E-state index contributed by atoms with van der Waals surface area (Å²) in [6.07, 6.45) is -1.92. The number of benzene rings is 2. The van der Waals surface area contributed by atoms with Crippen molar-refractivity contribution in [3.63, 3.8) is 0 Å². The van der Waals surface area contributed by atoms with Crippen molar-refractivity contribution in [3.8, 4) is 0 Å². The Morgan fingerprint density at radius 1 is 0.920 bits per heavy atom. The van der Waals surface area contributed by atoms with Crippen molar-refractivity contribution < 1.29 is 22.8 Å². The van der Waals surface area contributed by atoms with E-state index in [1.807, 2.05) is 31.2 Å². The zero-order chi connectivity index (χ0) is 18.4. The van der Waals surface area contributed by atoms with E-state index in [0.717, 1.165) is 11.1 Å². The fraction of sp³-hybridized carbons (Fsp3) is 0.111. The Labute approximate surface area is 142 Å². The van der Waals surface area contributed by atoms with Gasteiger partial charge in [0.25, 0.3) is 0 Å². The molecule has 0 aliphatic carbocycles. The first-order valence-corrected chi connectivity index (χ1v) is 7.28. The molecule has 4 nitrogen and oxygen atoms in total. The predicted molar refractivity (Wildman–Crippen MR) is 90.0 cm³/mol. The molecule has 0 radical (unpaired) electrons. The predicted octanol–water partition coefficient (Wildman–Crippen LogP) is 4.15. The maximum Gasteiger partial charge on any atom is 0.471 e. The van der Waals surface area contributed by atoms with E-state index < -0.39 is 12.1 Å². The molecular formula is C18H15F3N2O2. The summed E-state index contributed by atoms with van der Waals surface area (Å²) in [6.45, 7) is 1.92. The first-order chi connectivity index (χ1) is 11.8. The van der Waals surface area contributed by atoms with Crippen molar-refractivity contribution in [1.29, 1.82) is 0 Å². The first-order valence-electron chi connectivity index (χ1n) is 7.28. The second-order valence-corrected chi connectivity index (χ2v) is 5.21. The number of alkyl halides is 3. The van der Waals surface area contributed by atoms with Crippen molar-refractivity contribution >= 4 is 29.3 Å². The highest BCUT2D eigenvalue weighted by atomic mass is 19.4. The topological polar surface area (TPSA) is 58.2 Å². The van der Waals surface area contributed by atoms with Gasteiger partial charge in [-0.3, -0.25) is 9.59 Å². The Bertz CT molecular complexity index is 797. The van der Waals surface area contributed by atoms with E-state index in [0.29, 0.717) is 5.69 Å². The molecule has 2 aromatic carbocycles. The summed E-state index contributed by atoms with van der Waals surface area (Å²) < 4.78 is 36.5. The van der Waals surface area contributed by atoms with Crippen LogP contribution in [-0.2, 0) is 9.59 Å². The van der Waals surface area contributed by atoms with Gasteiger partial charge in [-0.05, 0) is 48.4 Å². The number of hydrogen-bond donors (Lipinski definition) is 2. The number of amides is 2. The molecule has 0 heterocycles. The van der Waals surface area contributed by atoms with E-state index in [9.17, 15) is 22.8 Å². The van der Waals surface area contributed by atoms with Crippen LogP contribution in [0.3, 0.4) is 0 Å². The number of rotatable bonds is 4. The number of carbonyl (C=O) groups excluding carboxylic acids is 2. The van der Waals surface area contributed by atoms with Crippen LogP contribution in [0.2, 0.25) is 0 Å². The first kappa shape index (κ1) is 18.3. The average molecular weight is 348 g/mol. The molecular weight excluding hydrogens is 333 g/mol. The lowest BCUT2D eigenvalue weighted by molar-refractivity contribution is -0.167. The molecule has 2 rings (SSSR count). The van der Waals surface area contributed by atoms with E-state index in [4.69, 9.17) is 0 Å². The monoisotopic (exact) mass is 348 g/mol. The number of anilines is 2. The van der Waals surface area contributed by atoms with Crippen LogP contribution < -0.4 is 10.6 Å². The number of hydrogen-bond acceptors (Lipinski definition) is 2. The van der Waals surface area contributed by atoms with Crippen LogP contribution in [0.4, 0.5) is 24.5 Å². The zero-order valence-corrected chi connectivity index (χ0v) is 13.2. The Morgan fingerprint density at radius 2 is 1.48 bits per heavy atom. The van der Waals surface area contributed by atoms with E-state index >= 15 is 0 Å². The molecule has 0 atom stereocenters. The second-order valence-electron chi connectivity index (χ2n) is 5.21. The molecule has 0 unspecified atom stereocenters. The molecule has 0 saturated heterocycles. The standard InChI is InChI=1S/C18H15F3N2O2/c1-12-4-2-3-5-13(12)6-11-16(24)22-14-7-9-15(10-8-14)23-17(25)18(19,20)21/h2-11H,1H3,(H,22,24)(H,23,25)/b11-6+. The van der Waals surface area contributed by atoms with Crippen LogP contribution in [0.1, 0.15) is 11.1 Å². The summed E-state index contributed by atoms with van der Waals surface area (Å²) >= 11 is 0. The third-order valence-corrected chi connectivity index (χ3v) is 3.27. The summed E-state index contributed by atoms with van der Waals surface area (Å²) in [4.78, 5) is 22.7. The molecule has 0 spiro atoms. The molecule has 0 aliphatic heterocycles. The molecule has 130 valence electrons. The van der Waals surface area contributed by atoms with Crippen molar-refractivity contribution in [1.82, 2.24) is 0 Å². The molecule has 0 aromatic heterocycles.